The second-order valence-corrected chi connectivity index (χ2v) is 7.03. The Bertz CT molecular complexity index is 1310. The third-order valence-electron chi connectivity index (χ3n) is 5.22. The molecule has 0 aliphatic heterocycles. The molecule has 0 saturated carbocycles. The lowest BCUT2D eigenvalue weighted by Crippen LogP contribution is -2.26. The summed E-state index contributed by atoms with van der Waals surface area (Å²) in [7, 11) is 1.86. The number of carbonyl (C=O) groups excluding carboxylic acids is 1. The molecule has 144 valence electrons. The molecule has 0 spiro atoms. The smallest absolute Gasteiger partial charge is 0.268 e. The molecule has 1 N–H and O–H groups in total. The first-order valence-electron chi connectivity index (χ1n) is 9.50. The molecule has 0 radical (unpaired) electrons. The van der Waals surface area contributed by atoms with Crippen LogP contribution in [-0.4, -0.2) is 20.0 Å². The van der Waals surface area contributed by atoms with Gasteiger partial charge in [0.25, 0.3) is 5.91 Å². The number of aromatic nitrogens is 3. The van der Waals surface area contributed by atoms with Crippen LogP contribution in [0.1, 0.15) is 21.9 Å². The molecule has 2 aromatic carbocycles. The Morgan fingerprint density at radius 1 is 1.03 bits per heavy atom. The van der Waals surface area contributed by atoms with Gasteiger partial charge in [-0.1, -0.05) is 42.5 Å². The molecule has 1 amide bonds. The minimum atomic E-state index is -0.155. The van der Waals surface area contributed by atoms with Crippen LogP contribution in [-0.2, 0) is 20.1 Å². The molecular weight excluding hydrogens is 364 g/mol. The van der Waals surface area contributed by atoms with Gasteiger partial charge in [-0.2, -0.15) is 0 Å². The van der Waals surface area contributed by atoms with E-state index in [9.17, 15) is 4.79 Å². The van der Waals surface area contributed by atoms with Gasteiger partial charge >= 0.3 is 0 Å². The number of nitrogens with zero attached hydrogens (tertiary/aromatic N) is 3. The molecular formula is C23H20N4O2. The maximum absolute atomic E-state index is 12.8. The standard InChI is InChI=1S/C23H20N4O2/c1-26-19-11-12-29-21(19)13-20(26)23(28)24-14-22-25-17-9-5-6-10-18(17)27(22)15-16-7-3-2-4-8-16/h2-13H,14-15H2,1H3,(H,24,28). The maximum atomic E-state index is 12.8. The number of para-hydroxylation sites is 2. The number of carbonyl (C=O) groups is 1. The largest absolute Gasteiger partial charge is 0.463 e. The van der Waals surface area contributed by atoms with Gasteiger partial charge in [0.2, 0.25) is 0 Å². The van der Waals surface area contributed by atoms with Crippen molar-refractivity contribution in [3.05, 3.63) is 90.1 Å². The number of fused-ring (bicyclic) bond motifs is 2. The Morgan fingerprint density at radius 3 is 2.66 bits per heavy atom. The zero-order valence-electron chi connectivity index (χ0n) is 16.0. The summed E-state index contributed by atoms with van der Waals surface area (Å²) in [5.74, 6) is 0.665. The molecule has 0 unspecified atom stereocenters. The van der Waals surface area contributed by atoms with Crippen molar-refractivity contribution in [1.82, 2.24) is 19.4 Å². The minimum Gasteiger partial charge on any atom is -0.463 e. The molecule has 6 nitrogen and oxygen atoms in total. The highest BCUT2D eigenvalue weighted by Gasteiger charge is 2.17. The van der Waals surface area contributed by atoms with Gasteiger partial charge in [0.1, 0.15) is 11.5 Å². The van der Waals surface area contributed by atoms with Crippen molar-refractivity contribution < 1.29 is 9.21 Å². The molecule has 0 aliphatic carbocycles. The monoisotopic (exact) mass is 384 g/mol. The van der Waals surface area contributed by atoms with Gasteiger partial charge in [0.15, 0.2) is 5.58 Å². The molecule has 0 saturated heterocycles. The van der Waals surface area contributed by atoms with Gasteiger partial charge in [-0.15, -0.1) is 0 Å². The van der Waals surface area contributed by atoms with Crippen LogP contribution in [0.25, 0.3) is 22.1 Å². The molecule has 0 atom stereocenters. The first-order valence-corrected chi connectivity index (χ1v) is 9.50. The summed E-state index contributed by atoms with van der Waals surface area (Å²) in [6, 6.07) is 21.9. The number of benzene rings is 2. The molecule has 3 aromatic heterocycles. The first kappa shape index (κ1) is 17.3. The van der Waals surface area contributed by atoms with Crippen molar-refractivity contribution >= 4 is 28.0 Å². The average Bonchev–Trinajstić information content (AvgIpc) is 3.43. The van der Waals surface area contributed by atoms with Crippen LogP contribution in [0.3, 0.4) is 0 Å². The van der Waals surface area contributed by atoms with Gasteiger partial charge in [-0.05, 0) is 17.7 Å². The zero-order valence-corrected chi connectivity index (χ0v) is 16.0. The lowest BCUT2D eigenvalue weighted by atomic mass is 10.2. The van der Waals surface area contributed by atoms with Crippen molar-refractivity contribution in [2.75, 3.05) is 0 Å². The molecule has 0 fully saturated rings. The van der Waals surface area contributed by atoms with Crippen LogP contribution in [0.4, 0.5) is 0 Å². The van der Waals surface area contributed by atoms with Crippen LogP contribution in [0.15, 0.2) is 77.4 Å². The number of amides is 1. The number of imidazole rings is 1. The summed E-state index contributed by atoms with van der Waals surface area (Å²) >= 11 is 0. The summed E-state index contributed by atoms with van der Waals surface area (Å²) in [6.45, 7) is 1.04. The van der Waals surface area contributed by atoms with Gasteiger partial charge in [-0.3, -0.25) is 4.79 Å². The van der Waals surface area contributed by atoms with Crippen LogP contribution in [0, 0.1) is 0 Å². The van der Waals surface area contributed by atoms with Crippen LogP contribution >= 0.6 is 0 Å². The van der Waals surface area contributed by atoms with E-state index >= 15 is 0 Å². The Hall–Kier alpha value is -3.80. The lowest BCUT2D eigenvalue weighted by molar-refractivity contribution is 0.0941. The second kappa shape index (κ2) is 6.98. The Balaban J connectivity index is 1.44. The molecule has 5 rings (SSSR count). The molecule has 6 heteroatoms. The first-order chi connectivity index (χ1) is 14.2. The molecule has 3 heterocycles. The van der Waals surface area contributed by atoms with E-state index in [0.29, 0.717) is 24.4 Å². The van der Waals surface area contributed by atoms with Crippen molar-refractivity contribution in [2.24, 2.45) is 7.05 Å². The second-order valence-electron chi connectivity index (χ2n) is 7.03. The van der Waals surface area contributed by atoms with Gasteiger partial charge < -0.3 is 18.9 Å². The van der Waals surface area contributed by atoms with Crippen LogP contribution in [0.2, 0.25) is 0 Å². The zero-order chi connectivity index (χ0) is 19.8. The fourth-order valence-corrected chi connectivity index (χ4v) is 3.72. The third-order valence-corrected chi connectivity index (χ3v) is 5.22. The van der Waals surface area contributed by atoms with E-state index < -0.39 is 0 Å². The van der Waals surface area contributed by atoms with Gasteiger partial charge in [0, 0.05) is 25.7 Å². The number of nitrogens with one attached hydrogen (secondary N) is 1. The van der Waals surface area contributed by atoms with E-state index in [1.54, 1.807) is 12.3 Å². The number of furan rings is 1. The van der Waals surface area contributed by atoms with Crippen molar-refractivity contribution in [2.45, 2.75) is 13.1 Å². The van der Waals surface area contributed by atoms with E-state index in [0.717, 1.165) is 22.4 Å². The topological polar surface area (TPSA) is 65.0 Å². The molecule has 5 aromatic rings. The van der Waals surface area contributed by atoms with Crippen molar-refractivity contribution in [3.63, 3.8) is 0 Å². The Kier molecular flexibility index (Phi) is 4.17. The fraction of sp³-hybridized carbons (Fsp3) is 0.130. The third kappa shape index (κ3) is 3.08. The predicted octanol–water partition coefficient (Wildman–Crippen LogP) is 4.10. The highest BCUT2D eigenvalue weighted by atomic mass is 16.3. The van der Waals surface area contributed by atoms with E-state index in [1.165, 1.54) is 5.56 Å². The van der Waals surface area contributed by atoms with E-state index in [2.05, 4.69) is 28.1 Å². The Morgan fingerprint density at radius 2 is 1.83 bits per heavy atom. The van der Waals surface area contributed by atoms with Crippen LogP contribution < -0.4 is 5.32 Å². The van der Waals surface area contributed by atoms with E-state index in [1.807, 2.05) is 54.1 Å². The van der Waals surface area contributed by atoms with Crippen molar-refractivity contribution in [3.8, 4) is 0 Å². The number of rotatable bonds is 5. The van der Waals surface area contributed by atoms with Gasteiger partial charge in [-0.25, -0.2) is 4.98 Å². The quantitative estimate of drug-likeness (QED) is 0.496. The number of aryl methyl sites for hydroxylation is 1. The summed E-state index contributed by atoms with van der Waals surface area (Å²) in [4.78, 5) is 17.5. The number of hydrogen-bond donors (Lipinski definition) is 1. The van der Waals surface area contributed by atoms with E-state index in [-0.39, 0.29) is 5.91 Å². The molecule has 0 aliphatic rings. The normalized spacial score (nSPS) is 11.3. The number of hydrogen-bond acceptors (Lipinski definition) is 3. The highest BCUT2D eigenvalue weighted by Crippen LogP contribution is 2.21. The highest BCUT2D eigenvalue weighted by molar-refractivity contribution is 5.97. The average molecular weight is 384 g/mol. The van der Waals surface area contributed by atoms with E-state index in [4.69, 9.17) is 9.40 Å². The van der Waals surface area contributed by atoms with Gasteiger partial charge in [0.05, 0.1) is 29.4 Å². The predicted molar refractivity (Wildman–Crippen MR) is 112 cm³/mol. The summed E-state index contributed by atoms with van der Waals surface area (Å²) in [5, 5.41) is 3.01. The molecule has 29 heavy (non-hydrogen) atoms. The lowest BCUT2D eigenvalue weighted by Gasteiger charge is -2.11. The van der Waals surface area contributed by atoms with Crippen LogP contribution in [0.5, 0.6) is 0 Å². The Labute approximate surface area is 167 Å². The molecule has 0 bridgehead atoms. The summed E-state index contributed by atoms with van der Waals surface area (Å²) in [6.07, 6.45) is 1.62. The maximum Gasteiger partial charge on any atom is 0.268 e. The fourth-order valence-electron chi connectivity index (χ4n) is 3.72. The SMILES string of the molecule is Cn1c(C(=O)NCc2nc3ccccc3n2Cc2ccccc2)cc2occc21. The van der Waals surface area contributed by atoms with Crippen molar-refractivity contribution in [1.29, 1.82) is 0 Å². The summed E-state index contributed by atoms with van der Waals surface area (Å²) in [5.41, 5.74) is 5.32. The minimum absolute atomic E-state index is 0.155. The summed E-state index contributed by atoms with van der Waals surface area (Å²) < 4.78 is 9.39.